The van der Waals surface area contributed by atoms with Gasteiger partial charge in [0.05, 0.1) is 10.9 Å². The molecule has 0 saturated heterocycles. The van der Waals surface area contributed by atoms with E-state index < -0.39 is 16.1 Å². The van der Waals surface area contributed by atoms with Crippen LogP contribution in [0.15, 0.2) is 57.2 Å². The zero-order valence-electron chi connectivity index (χ0n) is 17.3. The number of nitrogens with one attached hydrogen (secondary N) is 2. The van der Waals surface area contributed by atoms with Gasteiger partial charge in [0.2, 0.25) is 5.91 Å². The predicted octanol–water partition coefficient (Wildman–Crippen LogP) is 3.63. The van der Waals surface area contributed by atoms with Crippen LogP contribution in [0.25, 0.3) is 0 Å². The average molecular weight is 462 g/mol. The molecule has 0 bridgehead atoms. The van der Waals surface area contributed by atoms with Crippen molar-refractivity contribution >= 4 is 33.5 Å². The number of sulfonamides is 1. The van der Waals surface area contributed by atoms with Gasteiger partial charge in [0.25, 0.3) is 10.0 Å². The number of carbonyl (C=O) groups is 1. The molecule has 2 aromatic rings. The molecule has 6 nitrogen and oxygen atoms in total. The van der Waals surface area contributed by atoms with Crippen molar-refractivity contribution in [1.82, 2.24) is 10.0 Å². The van der Waals surface area contributed by atoms with Gasteiger partial charge in [-0.15, -0.1) is 11.8 Å². The molecule has 0 aliphatic carbocycles. The van der Waals surface area contributed by atoms with E-state index in [1.54, 1.807) is 24.3 Å². The maximum absolute atomic E-state index is 14.2. The average Bonchev–Trinajstić information content (AvgIpc) is 3.02. The maximum Gasteiger partial charge on any atom is 0.263 e. The molecule has 2 N–H and O–H groups in total. The van der Waals surface area contributed by atoms with Gasteiger partial charge in [-0.05, 0) is 36.1 Å². The Hall–Kier alpha value is -2.39. The van der Waals surface area contributed by atoms with Crippen molar-refractivity contribution in [2.75, 3.05) is 5.75 Å². The minimum Gasteiger partial charge on any atom is -0.347 e. The van der Waals surface area contributed by atoms with Crippen molar-refractivity contribution in [3.05, 3.63) is 59.4 Å². The molecule has 0 fully saturated rings. The van der Waals surface area contributed by atoms with Crippen LogP contribution in [0.4, 0.5) is 4.39 Å². The number of thioether (sulfide) groups is 1. The number of carbonyl (C=O) groups excluding carboxylic acids is 1. The van der Waals surface area contributed by atoms with Crippen molar-refractivity contribution < 1.29 is 17.6 Å². The minimum atomic E-state index is -3.69. The van der Waals surface area contributed by atoms with Crippen molar-refractivity contribution in [2.45, 2.75) is 48.6 Å². The van der Waals surface area contributed by atoms with Gasteiger partial charge in [0, 0.05) is 16.2 Å². The summed E-state index contributed by atoms with van der Waals surface area (Å²) in [5.41, 5.74) is 1.23. The van der Waals surface area contributed by atoms with Crippen LogP contribution in [0.3, 0.4) is 0 Å². The van der Waals surface area contributed by atoms with Crippen LogP contribution in [0, 0.1) is 11.7 Å². The van der Waals surface area contributed by atoms with E-state index >= 15 is 0 Å². The Morgan fingerprint density at radius 2 is 2.06 bits per heavy atom. The summed E-state index contributed by atoms with van der Waals surface area (Å²) < 4.78 is 41.5. The van der Waals surface area contributed by atoms with Crippen molar-refractivity contribution in [3.8, 4) is 0 Å². The summed E-state index contributed by atoms with van der Waals surface area (Å²) in [6, 6.07) is 10.4. The summed E-state index contributed by atoms with van der Waals surface area (Å²) in [5, 5.41) is 3.03. The first kappa shape index (κ1) is 21.8. The first-order valence-electron chi connectivity index (χ1n) is 10.2. The summed E-state index contributed by atoms with van der Waals surface area (Å²) in [6.45, 7) is 3.87. The lowest BCUT2D eigenvalue weighted by Gasteiger charge is -2.28. The maximum atomic E-state index is 14.2. The van der Waals surface area contributed by atoms with E-state index in [0.717, 1.165) is 5.56 Å². The predicted molar refractivity (Wildman–Crippen MR) is 119 cm³/mol. The highest BCUT2D eigenvalue weighted by Gasteiger charge is 2.34. The van der Waals surface area contributed by atoms with Gasteiger partial charge in [-0.2, -0.15) is 0 Å². The van der Waals surface area contributed by atoms with E-state index in [9.17, 15) is 17.6 Å². The Morgan fingerprint density at radius 3 is 2.84 bits per heavy atom. The van der Waals surface area contributed by atoms with Crippen LogP contribution in [0.1, 0.15) is 43.9 Å². The molecular weight excluding hydrogens is 437 g/mol. The summed E-state index contributed by atoms with van der Waals surface area (Å²) >= 11 is 1.45. The molecule has 2 aromatic carbocycles. The van der Waals surface area contributed by atoms with Crippen LogP contribution in [-0.2, 0) is 14.8 Å². The lowest BCUT2D eigenvalue weighted by atomic mass is 9.97. The summed E-state index contributed by atoms with van der Waals surface area (Å²) in [6.07, 6.45) is 1.38. The van der Waals surface area contributed by atoms with Crippen molar-refractivity contribution in [2.24, 2.45) is 10.9 Å². The van der Waals surface area contributed by atoms with E-state index in [1.807, 2.05) is 19.9 Å². The van der Waals surface area contributed by atoms with Gasteiger partial charge in [-0.3, -0.25) is 14.5 Å². The lowest BCUT2D eigenvalue weighted by molar-refractivity contribution is -0.124. The second-order valence-electron chi connectivity index (χ2n) is 7.77. The molecular formula is C22H24FN3O3S2. The zero-order chi connectivity index (χ0) is 22.2. The Bertz CT molecular complexity index is 1150. The molecule has 3 atom stereocenters. The molecule has 2 heterocycles. The second kappa shape index (κ2) is 8.63. The van der Waals surface area contributed by atoms with E-state index in [2.05, 4.69) is 15.0 Å². The fourth-order valence-electron chi connectivity index (χ4n) is 3.83. The molecule has 31 heavy (non-hydrogen) atoms. The van der Waals surface area contributed by atoms with E-state index in [4.69, 9.17) is 0 Å². The zero-order valence-corrected chi connectivity index (χ0v) is 18.9. The number of aliphatic imine (C=N–C) groups is 1. The van der Waals surface area contributed by atoms with Crippen molar-refractivity contribution in [3.63, 3.8) is 0 Å². The molecule has 0 radical (unpaired) electrons. The summed E-state index contributed by atoms with van der Waals surface area (Å²) in [4.78, 5) is 18.6. The van der Waals surface area contributed by atoms with Crippen LogP contribution < -0.4 is 10.0 Å². The van der Waals surface area contributed by atoms with Crippen molar-refractivity contribution in [1.29, 1.82) is 0 Å². The van der Waals surface area contributed by atoms with Crippen LogP contribution in [0.2, 0.25) is 0 Å². The SMILES string of the molecule is CC[C@H](C)[C@H](N=C1NS(=O)(=O)c2ccccc21)C(=O)NC1CCSc2c(F)cccc21. The highest BCUT2D eigenvalue weighted by molar-refractivity contribution is 7.99. The van der Waals surface area contributed by atoms with E-state index in [1.165, 1.54) is 23.9 Å². The molecule has 2 aliphatic heterocycles. The molecule has 0 aromatic heterocycles. The van der Waals surface area contributed by atoms with Gasteiger partial charge in [0.1, 0.15) is 17.7 Å². The Labute approximate surface area is 185 Å². The summed E-state index contributed by atoms with van der Waals surface area (Å²) in [7, 11) is -3.69. The third kappa shape index (κ3) is 4.21. The Morgan fingerprint density at radius 1 is 1.29 bits per heavy atom. The van der Waals surface area contributed by atoms with Gasteiger partial charge in [-0.25, -0.2) is 12.8 Å². The number of amides is 1. The van der Waals surface area contributed by atoms with Crippen LogP contribution >= 0.6 is 11.8 Å². The van der Waals surface area contributed by atoms with Gasteiger partial charge in [-0.1, -0.05) is 44.5 Å². The van der Waals surface area contributed by atoms with Gasteiger partial charge < -0.3 is 5.32 Å². The van der Waals surface area contributed by atoms with Gasteiger partial charge in [0.15, 0.2) is 0 Å². The third-order valence-electron chi connectivity index (χ3n) is 5.72. The Balaban J connectivity index is 1.64. The fourth-order valence-corrected chi connectivity index (χ4v) is 6.21. The van der Waals surface area contributed by atoms with E-state index in [0.29, 0.717) is 29.1 Å². The molecule has 1 amide bonds. The second-order valence-corrected chi connectivity index (χ2v) is 10.5. The fraction of sp³-hybridized carbons (Fsp3) is 0.364. The number of amidine groups is 1. The highest BCUT2D eigenvalue weighted by Crippen LogP contribution is 2.38. The molecule has 0 spiro atoms. The number of halogens is 1. The number of rotatable bonds is 5. The van der Waals surface area contributed by atoms with E-state index in [-0.39, 0.29) is 34.4 Å². The standard InChI is InChI=1S/C22H24FN3O3S2/c1-3-13(2)19(25-21-15-7-4-5-10-18(15)31(28,29)26-21)22(27)24-17-11-12-30-20-14(17)8-6-9-16(20)23/h4-10,13,17,19H,3,11-12H2,1-2H3,(H,24,27)(H,25,26)/t13-,17?,19-/m0/s1. The first-order valence-corrected chi connectivity index (χ1v) is 12.7. The molecule has 4 rings (SSSR count). The smallest absolute Gasteiger partial charge is 0.263 e. The summed E-state index contributed by atoms with van der Waals surface area (Å²) in [5.74, 6) is 0.195. The highest BCUT2D eigenvalue weighted by atomic mass is 32.2. The largest absolute Gasteiger partial charge is 0.347 e. The number of hydrogen-bond acceptors (Lipinski definition) is 5. The van der Waals surface area contributed by atoms with Crippen LogP contribution in [-0.4, -0.2) is 32.0 Å². The lowest BCUT2D eigenvalue weighted by Crippen LogP contribution is -2.41. The topological polar surface area (TPSA) is 87.6 Å². The van der Waals surface area contributed by atoms with Gasteiger partial charge >= 0.3 is 0 Å². The molecule has 2 aliphatic rings. The molecule has 164 valence electrons. The first-order chi connectivity index (χ1) is 14.8. The number of fused-ring (bicyclic) bond motifs is 2. The normalized spacial score (nSPS) is 22.2. The number of hydrogen-bond donors (Lipinski definition) is 2. The number of nitrogens with zero attached hydrogens (tertiary/aromatic N) is 1. The molecule has 9 heteroatoms. The molecule has 0 saturated carbocycles. The minimum absolute atomic E-state index is 0.116. The van der Waals surface area contributed by atoms with Crippen LogP contribution in [0.5, 0.6) is 0 Å². The monoisotopic (exact) mass is 461 g/mol. The Kier molecular flexibility index (Phi) is 6.07. The molecule has 1 unspecified atom stereocenters. The number of benzene rings is 2. The quantitative estimate of drug-likeness (QED) is 0.712. The third-order valence-corrected chi connectivity index (χ3v) is 8.28.